The van der Waals surface area contributed by atoms with Crippen molar-refractivity contribution in [2.24, 2.45) is 0 Å². The SMILES string of the molecule is [Li+].[Mg+2].[O-2].[Si+4]. The van der Waals surface area contributed by atoms with Crippen LogP contribution in [0.2, 0.25) is 0 Å². The van der Waals surface area contributed by atoms with Crippen LogP contribution >= 0.6 is 0 Å². The molecule has 0 saturated carbocycles. The summed E-state index contributed by atoms with van der Waals surface area (Å²) in [4.78, 5) is 0. The molecule has 0 radical (unpaired) electrons. The molecule has 0 aliphatic carbocycles. The zero-order valence-electron chi connectivity index (χ0n) is 2.62. The fourth-order valence-electron chi connectivity index (χ4n) is 0. The van der Waals surface area contributed by atoms with Crippen molar-refractivity contribution in [1.29, 1.82) is 0 Å². The molecule has 0 N–H and O–H groups in total. The molecule has 8 valence electrons. The summed E-state index contributed by atoms with van der Waals surface area (Å²) in [5.74, 6) is 0. The van der Waals surface area contributed by atoms with Gasteiger partial charge in [0.2, 0.25) is 0 Å². The molecule has 0 aromatic carbocycles. The molecule has 0 rings (SSSR count). The van der Waals surface area contributed by atoms with Gasteiger partial charge in [-0.1, -0.05) is 0 Å². The van der Waals surface area contributed by atoms with Crippen molar-refractivity contribution in [3.05, 3.63) is 0 Å². The van der Waals surface area contributed by atoms with Gasteiger partial charge in [0, 0.05) is 0 Å². The van der Waals surface area contributed by atoms with E-state index in [9.17, 15) is 0 Å². The Morgan fingerprint density at radius 1 is 1.00 bits per heavy atom. The monoisotopic (exact) mass is 75.0 g/mol. The van der Waals surface area contributed by atoms with E-state index in [-0.39, 0.29) is 58.4 Å². The van der Waals surface area contributed by atoms with E-state index >= 15 is 0 Å². The van der Waals surface area contributed by atoms with E-state index in [2.05, 4.69) is 0 Å². The van der Waals surface area contributed by atoms with Crippen molar-refractivity contribution in [1.82, 2.24) is 0 Å². The van der Waals surface area contributed by atoms with Crippen molar-refractivity contribution >= 4 is 34.0 Å². The van der Waals surface area contributed by atoms with E-state index in [0.29, 0.717) is 0 Å². The van der Waals surface area contributed by atoms with Crippen LogP contribution in [0.15, 0.2) is 0 Å². The maximum absolute atomic E-state index is 0. The Labute approximate surface area is 58.2 Å². The van der Waals surface area contributed by atoms with Gasteiger partial charge in [0.05, 0.1) is 0 Å². The zero-order chi connectivity index (χ0) is 0. The van der Waals surface area contributed by atoms with Gasteiger partial charge in [-0.3, -0.25) is 0 Å². The molecule has 0 unspecified atom stereocenters. The molecule has 0 aromatic rings. The van der Waals surface area contributed by atoms with Crippen molar-refractivity contribution in [3.63, 3.8) is 0 Å². The van der Waals surface area contributed by atoms with Crippen LogP contribution in [0.5, 0.6) is 0 Å². The third kappa shape index (κ3) is 9.63. The van der Waals surface area contributed by atoms with Gasteiger partial charge in [-0.05, 0) is 0 Å². The first-order valence-electron chi connectivity index (χ1n) is 0. The molecule has 0 heterocycles. The minimum atomic E-state index is 0. The maximum Gasteiger partial charge on any atom is 4.00 e. The Hall–Kier alpha value is 1.54. The van der Waals surface area contributed by atoms with Gasteiger partial charge in [0.15, 0.2) is 0 Å². The minimum Gasteiger partial charge on any atom is -2.00 e. The Bertz CT molecular complexity index is 8.00. The van der Waals surface area contributed by atoms with E-state index in [0.717, 1.165) is 0 Å². The van der Waals surface area contributed by atoms with Crippen LogP contribution in [0.3, 0.4) is 0 Å². The second-order valence-corrected chi connectivity index (χ2v) is 0. The zero-order valence-corrected chi connectivity index (χ0v) is 5.03. The quantitative estimate of drug-likeness (QED) is 0.264. The van der Waals surface area contributed by atoms with Gasteiger partial charge in [0.1, 0.15) is 0 Å². The van der Waals surface area contributed by atoms with Gasteiger partial charge < -0.3 is 5.48 Å². The number of hydrogen-bond acceptors (Lipinski definition) is 0. The van der Waals surface area contributed by atoms with Gasteiger partial charge in [-0.2, -0.15) is 0 Å². The van der Waals surface area contributed by atoms with Crippen LogP contribution in [0.25, 0.3) is 0 Å². The Morgan fingerprint density at radius 3 is 1.00 bits per heavy atom. The summed E-state index contributed by atoms with van der Waals surface area (Å²) >= 11 is 0. The molecule has 0 aliphatic heterocycles. The number of rotatable bonds is 0. The summed E-state index contributed by atoms with van der Waals surface area (Å²) in [6, 6.07) is 0. The van der Waals surface area contributed by atoms with Crippen molar-refractivity contribution < 1.29 is 24.3 Å². The van der Waals surface area contributed by atoms with E-state index in [1.54, 1.807) is 0 Å². The first kappa shape index (κ1) is 48.1. The van der Waals surface area contributed by atoms with Crippen molar-refractivity contribution in [2.75, 3.05) is 0 Å². The molecule has 4 heavy (non-hydrogen) atoms. The Balaban J connectivity index is 0. The van der Waals surface area contributed by atoms with Gasteiger partial charge in [0.25, 0.3) is 0 Å². The third-order valence-electron chi connectivity index (χ3n) is 0. The summed E-state index contributed by atoms with van der Waals surface area (Å²) in [6.07, 6.45) is 0. The summed E-state index contributed by atoms with van der Waals surface area (Å²) < 4.78 is 0. The molecule has 4 heteroatoms. The maximum atomic E-state index is 0. The number of hydrogen-bond donors (Lipinski definition) is 0. The average molecular weight is 75.3 g/mol. The topological polar surface area (TPSA) is 28.5 Å². The average Bonchev–Trinajstić information content (AvgIpc) is 0. The van der Waals surface area contributed by atoms with Crippen LogP contribution in [-0.4, -0.2) is 34.0 Å². The van der Waals surface area contributed by atoms with Gasteiger partial charge in [-0.15, -0.1) is 0 Å². The molecule has 0 amide bonds. The summed E-state index contributed by atoms with van der Waals surface area (Å²) in [5, 5.41) is 0. The minimum absolute atomic E-state index is 0. The fraction of sp³-hybridized carbons (Fsp3) is 0. The fourth-order valence-corrected chi connectivity index (χ4v) is 0. The van der Waals surface area contributed by atoms with Gasteiger partial charge in [-0.25, -0.2) is 0 Å². The second kappa shape index (κ2) is 24.0. The predicted octanol–water partition coefficient (Wildman–Crippen LogP) is -3.88. The summed E-state index contributed by atoms with van der Waals surface area (Å²) in [5.41, 5.74) is 0. The molecular formula is LiMgOSi+5. The van der Waals surface area contributed by atoms with Crippen LogP contribution < -0.4 is 18.9 Å². The van der Waals surface area contributed by atoms with Crippen LogP contribution in [0, 0.1) is 0 Å². The molecular weight excluding hydrogens is 75.3 g/mol. The predicted molar refractivity (Wildman–Crippen MR) is 12.2 cm³/mol. The van der Waals surface area contributed by atoms with Crippen LogP contribution in [0.1, 0.15) is 0 Å². The first-order chi connectivity index (χ1) is 0. The molecule has 1 nitrogen and oxygen atoms in total. The first-order valence-corrected chi connectivity index (χ1v) is 0. The summed E-state index contributed by atoms with van der Waals surface area (Å²) in [6.45, 7) is 0. The van der Waals surface area contributed by atoms with Gasteiger partial charge >= 0.3 is 52.9 Å². The molecule has 0 aliphatic rings. The normalized spacial score (nSPS) is 0. The van der Waals surface area contributed by atoms with Crippen LogP contribution in [-0.2, 0) is 5.48 Å². The third-order valence-corrected chi connectivity index (χ3v) is 0. The van der Waals surface area contributed by atoms with E-state index in [1.165, 1.54) is 0 Å². The van der Waals surface area contributed by atoms with E-state index < -0.39 is 0 Å². The van der Waals surface area contributed by atoms with Crippen LogP contribution in [0.4, 0.5) is 0 Å². The molecule has 0 saturated heterocycles. The standard InChI is InChI=1S/Li.Mg.O.Si/q+1;+2;-2;+4. The molecule has 0 spiro atoms. The molecule has 0 bridgehead atoms. The summed E-state index contributed by atoms with van der Waals surface area (Å²) in [7, 11) is 0. The van der Waals surface area contributed by atoms with Crippen molar-refractivity contribution in [3.8, 4) is 0 Å². The molecule has 0 atom stereocenters. The molecule has 0 aromatic heterocycles. The van der Waals surface area contributed by atoms with Crippen molar-refractivity contribution in [2.45, 2.75) is 0 Å². The Kier molecular flexibility index (Phi) is 289. The molecule has 0 fully saturated rings. The Morgan fingerprint density at radius 2 is 1.00 bits per heavy atom. The largest absolute Gasteiger partial charge is 4.00 e. The van der Waals surface area contributed by atoms with E-state index in [1.807, 2.05) is 0 Å². The smallest absolute Gasteiger partial charge is 2.00 e. The van der Waals surface area contributed by atoms with E-state index in [4.69, 9.17) is 0 Å². The second-order valence-electron chi connectivity index (χ2n) is 0.